The van der Waals surface area contributed by atoms with Crippen molar-refractivity contribution in [1.29, 1.82) is 5.26 Å². The summed E-state index contributed by atoms with van der Waals surface area (Å²) in [5, 5.41) is 11.5. The second kappa shape index (κ2) is 6.67. The average molecular weight is 309 g/mol. The summed E-state index contributed by atoms with van der Waals surface area (Å²) >= 11 is 3.33. The number of hydrogen-bond donors (Lipinski definition) is 2. The van der Waals surface area contributed by atoms with E-state index < -0.39 is 0 Å². The van der Waals surface area contributed by atoms with Crippen LogP contribution in [0.5, 0.6) is 0 Å². The molecule has 0 saturated carbocycles. The normalized spacial score (nSPS) is 11.2. The highest BCUT2D eigenvalue weighted by Gasteiger charge is 2.10. The van der Waals surface area contributed by atoms with Crippen molar-refractivity contribution in [2.75, 3.05) is 7.05 Å². The fraction of sp³-hybridized carbons (Fsp3) is 0.167. The summed E-state index contributed by atoms with van der Waals surface area (Å²) in [5.41, 5.74) is 6.84. The van der Waals surface area contributed by atoms with Gasteiger partial charge in [0, 0.05) is 11.5 Å². The van der Waals surface area contributed by atoms with Crippen molar-refractivity contribution in [3.8, 4) is 6.07 Å². The Morgan fingerprint density at radius 2 is 2.17 bits per heavy atom. The number of benzene rings is 1. The third-order valence-electron chi connectivity index (χ3n) is 2.32. The molecule has 0 fully saturated rings. The largest absolute Gasteiger partial charge is 0.383 e. The molecule has 0 spiro atoms. The van der Waals surface area contributed by atoms with E-state index in [9.17, 15) is 4.79 Å². The van der Waals surface area contributed by atoms with E-state index in [1.807, 2.05) is 30.3 Å². The number of amides is 1. The topological polar surface area (TPSA) is 82.2 Å². The van der Waals surface area contributed by atoms with Gasteiger partial charge in [-0.05, 0) is 17.7 Å². The number of halogens is 1. The van der Waals surface area contributed by atoms with Crippen LogP contribution in [0.4, 0.5) is 0 Å². The molecule has 0 aliphatic heterocycles. The quantitative estimate of drug-likeness (QED) is 0.634. The Labute approximate surface area is 114 Å². The molecule has 1 aromatic carbocycles. The smallest absolute Gasteiger partial charge is 0.215 e. The van der Waals surface area contributed by atoms with Crippen molar-refractivity contribution < 1.29 is 4.79 Å². The Hall–Kier alpha value is -2.00. The SMILES string of the molecule is CN/C(C#N)=C(/N)N(C=O)Cc1ccc(Br)cc1. The highest BCUT2D eigenvalue weighted by atomic mass is 79.9. The summed E-state index contributed by atoms with van der Waals surface area (Å²) < 4.78 is 0.959. The number of rotatable bonds is 5. The van der Waals surface area contributed by atoms with Gasteiger partial charge in [0.15, 0.2) is 5.70 Å². The summed E-state index contributed by atoms with van der Waals surface area (Å²) in [7, 11) is 1.58. The van der Waals surface area contributed by atoms with E-state index in [-0.39, 0.29) is 11.5 Å². The Morgan fingerprint density at radius 1 is 1.56 bits per heavy atom. The van der Waals surface area contributed by atoms with Crippen LogP contribution in [0.15, 0.2) is 40.3 Å². The van der Waals surface area contributed by atoms with Crippen molar-refractivity contribution >= 4 is 22.3 Å². The Balaban J connectivity index is 2.92. The number of carbonyl (C=O) groups is 1. The first-order valence-corrected chi connectivity index (χ1v) is 5.95. The van der Waals surface area contributed by atoms with Crippen LogP contribution in [0.2, 0.25) is 0 Å². The minimum Gasteiger partial charge on any atom is -0.383 e. The van der Waals surface area contributed by atoms with E-state index in [1.54, 1.807) is 7.05 Å². The Kier molecular flexibility index (Phi) is 5.21. The van der Waals surface area contributed by atoms with E-state index in [2.05, 4.69) is 21.2 Å². The zero-order valence-corrected chi connectivity index (χ0v) is 11.4. The molecule has 94 valence electrons. The summed E-state index contributed by atoms with van der Waals surface area (Å²) in [6.07, 6.45) is 0.603. The van der Waals surface area contributed by atoms with Gasteiger partial charge in [-0.1, -0.05) is 28.1 Å². The van der Waals surface area contributed by atoms with Crippen molar-refractivity contribution in [1.82, 2.24) is 10.2 Å². The van der Waals surface area contributed by atoms with Crippen LogP contribution in [0.3, 0.4) is 0 Å². The standard InChI is InChI=1S/C12H13BrN4O/c1-16-11(6-14)12(15)17(8-18)7-9-2-4-10(13)5-3-9/h2-5,8,16H,7,15H2,1H3/b12-11-. The minimum absolute atomic E-state index is 0.109. The van der Waals surface area contributed by atoms with Gasteiger partial charge < -0.3 is 11.1 Å². The summed E-state index contributed by atoms with van der Waals surface area (Å²) in [5.74, 6) is 0.109. The van der Waals surface area contributed by atoms with Crippen LogP contribution in [0, 0.1) is 11.3 Å². The molecule has 0 aliphatic carbocycles. The van der Waals surface area contributed by atoms with Crippen molar-refractivity contribution in [2.45, 2.75) is 6.54 Å². The number of nitrogens with zero attached hydrogens (tertiary/aromatic N) is 2. The maximum absolute atomic E-state index is 11.0. The van der Waals surface area contributed by atoms with Crippen LogP contribution in [0.25, 0.3) is 0 Å². The van der Waals surface area contributed by atoms with Crippen LogP contribution in [-0.2, 0) is 11.3 Å². The van der Waals surface area contributed by atoms with Gasteiger partial charge in [0.05, 0.1) is 6.54 Å². The van der Waals surface area contributed by atoms with E-state index in [0.717, 1.165) is 10.0 Å². The highest BCUT2D eigenvalue weighted by Crippen LogP contribution is 2.13. The van der Waals surface area contributed by atoms with E-state index in [4.69, 9.17) is 11.0 Å². The molecule has 0 atom stereocenters. The maximum atomic E-state index is 11.0. The molecule has 0 saturated heterocycles. The molecule has 3 N–H and O–H groups in total. The third-order valence-corrected chi connectivity index (χ3v) is 2.85. The van der Waals surface area contributed by atoms with Crippen molar-refractivity contribution in [3.05, 3.63) is 45.8 Å². The third kappa shape index (κ3) is 3.50. The zero-order valence-electron chi connectivity index (χ0n) is 9.85. The molecule has 0 radical (unpaired) electrons. The predicted molar refractivity (Wildman–Crippen MR) is 71.6 cm³/mol. The van der Waals surface area contributed by atoms with Crippen LogP contribution in [0.1, 0.15) is 5.56 Å². The van der Waals surface area contributed by atoms with Gasteiger partial charge in [-0.25, -0.2) is 0 Å². The van der Waals surface area contributed by atoms with Crippen LogP contribution >= 0.6 is 15.9 Å². The fourth-order valence-electron chi connectivity index (χ4n) is 1.35. The van der Waals surface area contributed by atoms with Gasteiger partial charge in [0.1, 0.15) is 11.9 Å². The summed E-state index contributed by atoms with van der Waals surface area (Å²) in [6.45, 7) is 0.315. The van der Waals surface area contributed by atoms with Gasteiger partial charge in [-0.3, -0.25) is 9.69 Å². The lowest BCUT2D eigenvalue weighted by Gasteiger charge is -2.18. The number of nitrogens with two attached hydrogens (primary N) is 1. The molecule has 1 rings (SSSR count). The van der Waals surface area contributed by atoms with Gasteiger partial charge in [-0.2, -0.15) is 5.26 Å². The molecule has 6 heteroatoms. The number of carbonyl (C=O) groups excluding carboxylic acids is 1. The highest BCUT2D eigenvalue weighted by molar-refractivity contribution is 9.10. The van der Waals surface area contributed by atoms with E-state index >= 15 is 0 Å². The molecule has 0 aromatic heterocycles. The predicted octanol–water partition coefficient (Wildman–Crippen LogP) is 1.28. The first-order chi connectivity index (χ1) is 8.62. The number of nitriles is 1. The van der Waals surface area contributed by atoms with E-state index in [1.165, 1.54) is 4.90 Å². The van der Waals surface area contributed by atoms with Gasteiger partial charge >= 0.3 is 0 Å². The molecular weight excluding hydrogens is 296 g/mol. The van der Waals surface area contributed by atoms with Crippen LogP contribution in [-0.4, -0.2) is 18.4 Å². The van der Waals surface area contributed by atoms with Crippen molar-refractivity contribution in [2.24, 2.45) is 5.73 Å². The van der Waals surface area contributed by atoms with Crippen LogP contribution < -0.4 is 11.1 Å². The molecule has 5 nitrogen and oxygen atoms in total. The minimum atomic E-state index is 0.109. The molecule has 1 aromatic rings. The molecule has 0 bridgehead atoms. The Morgan fingerprint density at radius 3 is 2.61 bits per heavy atom. The molecule has 0 aliphatic rings. The van der Waals surface area contributed by atoms with Gasteiger partial charge in [0.25, 0.3) is 0 Å². The monoisotopic (exact) mass is 308 g/mol. The fourth-order valence-corrected chi connectivity index (χ4v) is 1.61. The molecule has 1 amide bonds. The van der Waals surface area contributed by atoms with Gasteiger partial charge in [0.2, 0.25) is 6.41 Å². The molecule has 0 unspecified atom stereocenters. The lowest BCUT2D eigenvalue weighted by Crippen LogP contribution is -2.30. The molecular formula is C12H13BrN4O. The number of nitrogens with one attached hydrogen (secondary N) is 1. The summed E-state index contributed by atoms with van der Waals surface area (Å²) in [4.78, 5) is 12.3. The number of hydrogen-bond acceptors (Lipinski definition) is 4. The average Bonchev–Trinajstić information content (AvgIpc) is 2.39. The van der Waals surface area contributed by atoms with Crippen molar-refractivity contribution in [3.63, 3.8) is 0 Å². The lowest BCUT2D eigenvalue weighted by atomic mass is 10.2. The first-order valence-electron chi connectivity index (χ1n) is 5.16. The molecule has 0 heterocycles. The van der Waals surface area contributed by atoms with E-state index in [0.29, 0.717) is 13.0 Å². The maximum Gasteiger partial charge on any atom is 0.215 e. The second-order valence-electron chi connectivity index (χ2n) is 3.48. The summed E-state index contributed by atoms with van der Waals surface area (Å²) in [6, 6.07) is 9.40. The van der Waals surface area contributed by atoms with Gasteiger partial charge in [-0.15, -0.1) is 0 Å². The zero-order chi connectivity index (χ0) is 13.5. The Bertz CT molecular complexity index is 490. The molecule has 18 heavy (non-hydrogen) atoms. The first kappa shape index (κ1) is 14.1. The number of allylic oxidation sites excluding steroid dienone is 1. The second-order valence-corrected chi connectivity index (χ2v) is 4.40. The lowest BCUT2D eigenvalue weighted by molar-refractivity contribution is -0.117.